The van der Waals surface area contributed by atoms with E-state index >= 15 is 0 Å². The molecule has 2 rings (SSSR count). The van der Waals surface area contributed by atoms with Gasteiger partial charge in [-0.2, -0.15) is 5.26 Å². The number of benzene rings is 2. The molecule has 2 aromatic carbocycles. The fraction of sp³-hybridized carbons (Fsp3) is 0.190. The lowest BCUT2D eigenvalue weighted by atomic mass is 10.2. The molecule has 132 valence electrons. The van der Waals surface area contributed by atoms with E-state index in [1.807, 2.05) is 36.4 Å². The third-order valence-electron chi connectivity index (χ3n) is 3.46. The molecule has 0 spiro atoms. The van der Waals surface area contributed by atoms with Gasteiger partial charge in [0.1, 0.15) is 5.75 Å². The average molecular weight is 348 g/mol. The van der Waals surface area contributed by atoms with E-state index in [4.69, 9.17) is 14.7 Å². The summed E-state index contributed by atoms with van der Waals surface area (Å²) in [4.78, 5) is 15.3. The molecule has 0 aromatic heterocycles. The Balaban J connectivity index is 1.73. The predicted octanol–water partition coefficient (Wildman–Crippen LogP) is 4.20. The average Bonchev–Trinajstić information content (AvgIpc) is 2.70. The molecule has 0 bridgehead atoms. The van der Waals surface area contributed by atoms with Gasteiger partial charge in [-0.3, -0.25) is 4.99 Å². The molecule has 0 atom stereocenters. The fourth-order valence-corrected chi connectivity index (χ4v) is 2.05. The summed E-state index contributed by atoms with van der Waals surface area (Å²) in [6.45, 7) is 4.27. The Bertz CT molecular complexity index is 788. The second-order valence-electron chi connectivity index (χ2n) is 5.41. The summed E-state index contributed by atoms with van der Waals surface area (Å²) in [6.07, 6.45) is 4.44. The summed E-state index contributed by atoms with van der Waals surface area (Å²) in [5.74, 6) is 0.369. The first-order chi connectivity index (χ1) is 12.7. The molecule has 0 saturated heterocycles. The van der Waals surface area contributed by atoms with Crippen molar-refractivity contribution in [1.29, 1.82) is 5.26 Å². The van der Waals surface area contributed by atoms with Crippen molar-refractivity contribution in [2.75, 3.05) is 13.2 Å². The van der Waals surface area contributed by atoms with Crippen molar-refractivity contribution in [1.82, 2.24) is 0 Å². The van der Waals surface area contributed by atoms with Gasteiger partial charge in [0.15, 0.2) is 0 Å². The van der Waals surface area contributed by atoms with Crippen LogP contribution in [-0.2, 0) is 9.53 Å². The zero-order valence-corrected chi connectivity index (χ0v) is 14.4. The number of unbranched alkanes of at least 4 members (excludes halogenated alkanes) is 1. The Hall–Kier alpha value is -3.39. The van der Waals surface area contributed by atoms with Crippen molar-refractivity contribution >= 4 is 17.9 Å². The first-order valence-corrected chi connectivity index (χ1v) is 8.27. The number of esters is 1. The Kier molecular flexibility index (Phi) is 7.63. The number of carbonyl (C=O) groups excluding carboxylic acids is 1. The minimum Gasteiger partial charge on any atom is -0.494 e. The molecule has 0 aliphatic carbocycles. The predicted molar refractivity (Wildman–Crippen MR) is 101 cm³/mol. The zero-order valence-electron chi connectivity index (χ0n) is 14.4. The highest BCUT2D eigenvalue weighted by molar-refractivity contribution is 5.82. The van der Waals surface area contributed by atoms with E-state index in [1.54, 1.807) is 18.3 Å². The van der Waals surface area contributed by atoms with Gasteiger partial charge in [0.25, 0.3) is 0 Å². The molecule has 0 fully saturated rings. The standard InChI is InChI=1S/C21H20N2O3/c1-2-21(24)26-14-4-3-13-25-20-11-9-19(10-12-20)23-16-18-7-5-17(15-22)6-8-18/h2,5-12,16H,1,3-4,13-14H2. The summed E-state index contributed by atoms with van der Waals surface area (Å²) in [7, 11) is 0. The summed E-state index contributed by atoms with van der Waals surface area (Å²) in [5, 5.41) is 8.78. The van der Waals surface area contributed by atoms with E-state index in [0.29, 0.717) is 18.8 Å². The zero-order chi connectivity index (χ0) is 18.6. The molecule has 2 aromatic rings. The van der Waals surface area contributed by atoms with Crippen molar-refractivity contribution < 1.29 is 14.3 Å². The lowest BCUT2D eigenvalue weighted by Gasteiger charge is -2.06. The minimum absolute atomic E-state index is 0.372. The van der Waals surface area contributed by atoms with E-state index in [0.717, 1.165) is 35.9 Å². The van der Waals surface area contributed by atoms with Crippen LogP contribution in [0.25, 0.3) is 0 Å². The molecule has 0 aliphatic rings. The first kappa shape index (κ1) is 18.9. The number of rotatable bonds is 9. The van der Waals surface area contributed by atoms with E-state index in [1.165, 1.54) is 0 Å². The van der Waals surface area contributed by atoms with Crippen molar-refractivity contribution in [3.8, 4) is 11.8 Å². The van der Waals surface area contributed by atoms with Gasteiger partial charge in [0, 0.05) is 12.3 Å². The topological polar surface area (TPSA) is 71.7 Å². The van der Waals surface area contributed by atoms with E-state index in [-0.39, 0.29) is 0 Å². The van der Waals surface area contributed by atoms with E-state index < -0.39 is 5.97 Å². The Morgan fingerprint density at radius 3 is 2.42 bits per heavy atom. The third-order valence-corrected chi connectivity index (χ3v) is 3.46. The molecule has 5 nitrogen and oxygen atoms in total. The van der Waals surface area contributed by atoms with Crippen molar-refractivity contribution in [2.24, 2.45) is 4.99 Å². The molecule has 5 heteroatoms. The van der Waals surface area contributed by atoms with Crippen LogP contribution in [0.2, 0.25) is 0 Å². The smallest absolute Gasteiger partial charge is 0.330 e. The summed E-state index contributed by atoms with van der Waals surface area (Å²) >= 11 is 0. The quantitative estimate of drug-likeness (QED) is 0.295. The van der Waals surface area contributed by atoms with Gasteiger partial charge in [-0.25, -0.2) is 4.79 Å². The lowest BCUT2D eigenvalue weighted by Crippen LogP contribution is -2.04. The van der Waals surface area contributed by atoms with Gasteiger partial charge in [0.2, 0.25) is 0 Å². The lowest BCUT2D eigenvalue weighted by molar-refractivity contribution is -0.137. The van der Waals surface area contributed by atoms with Crippen LogP contribution < -0.4 is 4.74 Å². The van der Waals surface area contributed by atoms with Crippen molar-refractivity contribution in [3.63, 3.8) is 0 Å². The van der Waals surface area contributed by atoms with Crippen LogP contribution in [-0.4, -0.2) is 25.4 Å². The number of hydrogen-bond donors (Lipinski definition) is 0. The van der Waals surface area contributed by atoms with Crippen molar-refractivity contribution in [2.45, 2.75) is 12.8 Å². The van der Waals surface area contributed by atoms with Crippen LogP contribution in [0, 0.1) is 11.3 Å². The van der Waals surface area contributed by atoms with Crippen LogP contribution in [0.15, 0.2) is 66.2 Å². The van der Waals surface area contributed by atoms with E-state index in [9.17, 15) is 4.79 Å². The number of carbonyl (C=O) groups is 1. The number of hydrogen-bond acceptors (Lipinski definition) is 5. The minimum atomic E-state index is -0.400. The van der Waals surface area contributed by atoms with Crippen molar-refractivity contribution in [3.05, 3.63) is 72.3 Å². The highest BCUT2D eigenvalue weighted by Gasteiger charge is 1.97. The molecule has 0 amide bonds. The molecule has 0 N–H and O–H groups in total. The van der Waals surface area contributed by atoms with E-state index in [2.05, 4.69) is 17.6 Å². The second-order valence-corrected chi connectivity index (χ2v) is 5.41. The molecule has 0 unspecified atom stereocenters. The Morgan fingerprint density at radius 2 is 1.77 bits per heavy atom. The van der Waals surface area contributed by atoms with Crippen LogP contribution in [0.4, 0.5) is 5.69 Å². The normalized spacial score (nSPS) is 10.3. The summed E-state index contributed by atoms with van der Waals surface area (Å²) in [5.41, 5.74) is 2.38. The molecule has 0 saturated carbocycles. The van der Waals surface area contributed by atoms with Gasteiger partial charge < -0.3 is 9.47 Å². The number of ether oxygens (including phenoxy) is 2. The third kappa shape index (κ3) is 6.62. The van der Waals surface area contributed by atoms with Gasteiger partial charge in [-0.05, 0) is 54.8 Å². The maximum atomic E-state index is 10.9. The molecule has 26 heavy (non-hydrogen) atoms. The highest BCUT2D eigenvalue weighted by Crippen LogP contribution is 2.18. The fourth-order valence-electron chi connectivity index (χ4n) is 2.05. The van der Waals surface area contributed by atoms with Gasteiger partial charge in [-0.1, -0.05) is 18.7 Å². The summed E-state index contributed by atoms with van der Waals surface area (Å²) in [6, 6.07) is 16.8. The molecule has 0 radical (unpaired) electrons. The van der Waals surface area contributed by atoms with Crippen LogP contribution in [0.3, 0.4) is 0 Å². The largest absolute Gasteiger partial charge is 0.494 e. The number of aliphatic imine (C=N–C) groups is 1. The first-order valence-electron chi connectivity index (χ1n) is 8.27. The Morgan fingerprint density at radius 1 is 1.08 bits per heavy atom. The van der Waals surface area contributed by atoms with Gasteiger partial charge in [-0.15, -0.1) is 0 Å². The highest BCUT2D eigenvalue weighted by atomic mass is 16.5. The van der Waals surface area contributed by atoms with Crippen LogP contribution >= 0.6 is 0 Å². The number of nitrogens with zero attached hydrogens (tertiary/aromatic N) is 2. The SMILES string of the molecule is C=CC(=O)OCCCCOc1ccc(N=Cc2ccc(C#N)cc2)cc1. The summed E-state index contributed by atoms with van der Waals surface area (Å²) < 4.78 is 10.5. The number of nitriles is 1. The molecular weight excluding hydrogens is 328 g/mol. The van der Waals surface area contributed by atoms with Crippen LogP contribution in [0.1, 0.15) is 24.0 Å². The maximum Gasteiger partial charge on any atom is 0.330 e. The molecule has 0 aliphatic heterocycles. The van der Waals surface area contributed by atoms with Crippen LogP contribution in [0.5, 0.6) is 5.75 Å². The van der Waals surface area contributed by atoms with Gasteiger partial charge in [0.05, 0.1) is 30.5 Å². The second kappa shape index (κ2) is 10.5. The monoisotopic (exact) mass is 348 g/mol. The Labute approximate surface area is 153 Å². The van der Waals surface area contributed by atoms with Gasteiger partial charge >= 0.3 is 5.97 Å². The molecule has 0 heterocycles. The molecular formula is C21H20N2O3. The maximum absolute atomic E-state index is 10.9.